The topological polar surface area (TPSA) is 12.0 Å². The first kappa shape index (κ1) is 13.8. The fraction of sp³-hybridized carbons (Fsp3) is 0.294. The molecule has 0 radical (unpaired) electrons. The Balaban J connectivity index is 1.95. The summed E-state index contributed by atoms with van der Waals surface area (Å²) in [5, 5.41) is 3.48. The summed E-state index contributed by atoms with van der Waals surface area (Å²) in [4.78, 5) is 0. The van der Waals surface area contributed by atoms with Gasteiger partial charge in [-0.1, -0.05) is 46.3 Å². The van der Waals surface area contributed by atoms with Crippen LogP contribution in [0.5, 0.6) is 0 Å². The highest BCUT2D eigenvalue weighted by Gasteiger charge is 2.28. The molecule has 3 rings (SSSR count). The van der Waals surface area contributed by atoms with E-state index in [4.69, 9.17) is 0 Å². The van der Waals surface area contributed by atoms with Crippen molar-refractivity contribution in [3.63, 3.8) is 0 Å². The standard InChI is InChI=1S/C17H17BrFN/c18-17-4-2-1-3-15(17)16-11-20-10-9-14(16)12-5-7-13(19)8-6-12/h1-8,14,16,20H,9-11H2. The molecule has 1 saturated heterocycles. The molecule has 1 heterocycles. The Bertz CT molecular complexity index is 582. The summed E-state index contributed by atoms with van der Waals surface area (Å²) in [6, 6.07) is 15.4. The monoisotopic (exact) mass is 333 g/mol. The number of benzene rings is 2. The third-order valence-electron chi connectivity index (χ3n) is 4.08. The summed E-state index contributed by atoms with van der Waals surface area (Å²) in [6.45, 7) is 1.98. The van der Waals surface area contributed by atoms with Gasteiger partial charge in [-0.15, -0.1) is 0 Å². The quantitative estimate of drug-likeness (QED) is 0.856. The number of halogens is 2. The van der Waals surface area contributed by atoms with Crippen LogP contribution in [-0.2, 0) is 0 Å². The van der Waals surface area contributed by atoms with Crippen molar-refractivity contribution in [2.45, 2.75) is 18.3 Å². The van der Waals surface area contributed by atoms with Gasteiger partial charge in [0.25, 0.3) is 0 Å². The minimum Gasteiger partial charge on any atom is -0.316 e. The van der Waals surface area contributed by atoms with E-state index in [0.717, 1.165) is 24.0 Å². The molecule has 0 bridgehead atoms. The average Bonchev–Trinajstić information content (AvgIpc) is 2.49. The van der Waals surface area contributed by atoms with Crippen LogP contribution in [0.2, 0.25) is 0 Å². The molecule has 2 aromatic rings. The van der Waals surface area contributed by atoms with E-state index >= 15 is 0 Å². The van der Waals surface area contributed by atoms with Crippen LogP contribution in [0.4, 0.5) is 4.39 Å². The van der Waals surface area contributed by atoms with Crippen LogP contribution in [-0.4, -0.2) is 13.1 Å². The van der Waals surface area contributed by atoms with Crippen molar-refractivity contribution in [1.82, 2.24) is 5.32 Å². The highest BCUT2D eigenvalue weighted by atomic mass is 79.9. The van der Waals surface area contributed by atoms with Crippen molar-refractivity contribution in [3.8, 4) is 0 Å². The molecule has 0 aliphatic carbocycles. The summed E-state index contributed by atoms with van der Waals surface area (Å²) in [7, 11) is 0. The molecular formula is C17H17BrFN. The molecule has 104 valence electrons. The number of rotatable bonds is 2. The molecule has 20 heavy (non-hydrogen) atoms. The second-order valence-electron chi connectivity index (χ2n) is 5.28. The lowest BCUT2D eigenvalue weighted by Gasteiger charge is -2.33. The van der Waals surface area contributed by atoms with E-state index in [-0.39, 0.29) is 5.82 Å². The number of nitrogens with one attached hydrogen (secondary N) is 1. The normalized spacial score (nSPS) is 22.7. The van der Waals surface area contributed by atoms with Gasteiger partial charge >= 0.3 is 0 Å². The van der Waals surface area contributed by atoms with Gasteiger partial charge in [0.2, 0.25) is 0 Å². The predicted octanol–water partition coefficient (Wildman–Crippen LogP) is 4.45. The smallest absolute Gasteiger partial charge is 0.123 e. The fourth-order valence-electron chi connectivity index (χ4n) is 3.07. The van der Waals surface area contributed by atoms with Gasteiger partial charge in [-0.3, -0.25) is 0 Å². The Morgan fingerprint density at radius 3 is 2.50 bits per heavy atom. The van der Waals surface area contributed by atoms with E-state index in [1.807, 2.05) is 18.2 Å². The summed E-state index contributed by atoms with van der Waals surface area (Å²) >= 11 is 3.66. The maximum atomic E-state index is 13.1. The third kappa shape index (κ3) is 2.79. The molecule has 1 nitrogen and oxygen atoms in total. The Kier molecular flexibility index (Phi) is 4.18. The summed E-state index contributed by atoms with van der Waals surface area (Å²) in [5.74, 6) is 0.695. The summed E-state index contributed by atoms with van der Waals surface area (Å²) in [5.41, 5.74) is 2.56. The SMILES string of the molecule is Fc1ccc(C2CCNCC2c2ccccc2Br)cc1. The molecule has 0 saturated carbocycles. The minimum absolute atomic E-state index is 0.167. The third-order valence-corrected chi connectivity index (χ3v) is 4.81. The molecule has 1 aliphatic heterocycles. The Morgan fingerprint density at radius 1 is 1.00 bits per heavy atom. The highest BCUT2D eigenvalue weighted by molar-refractivity contribution is 9.10. The molecule has 2 atom stereocenters. The summed E-state index contributed by atoms with van der Waals surface area (Å²) in [6.07, 6.45) is 1.08. The van der Waals surface area contributed by atoms with E-state index in [9.17, 15) is 4.39 Å². The van der Waals surface area contributed by atoms with Gasteiger partial charge in [-0.2, -0.15) is 0 Å². The van der Waals surface area contributed by atoms with Crippen molar-refractivity contribution < 1.29 is 4.39 Å². The molecule has 0 aromatic heterocycles. The number of piperidine rings is 1. The van der Waals surface area contributed by atoms with Crippen LogP contribution in [0.25, 0.3) is 0 Å². The molecule has 0 amide bonds. The molecule has 2 aromatic carbocycles. The van der Waals surface area contributed by atoms with Crippen LogP contribution in [0.1, 0.15) is 29.4 Å². The van der Waals surface area contributed by atoms with Crippen molar-refractivity contribution in [2.75, 3.05) is 13.1 Å². The second kappa shape index (κ2) is 6.06. The zero-order chi connectivity index (χ0) is 13.9. The van der Waals surface area contributed by atoms with Gasteiger partial charge < -0.3 is 5.32 Å². The predicted molar refractivity (Wildman–Crippen MR) is 83.5 cm³/mol. The number of hydrogen-bond donors (Lipinski definition) is 1. The van der Waals surface area contributed by atoms with Crippen LogP contribution < -0.4 is 5.32 Å². The lowest BCUT2D eigenvalue weighted by molar-refractivity contribution is 0.403. The molecular weight excluding hydrogens is 317 g/mol. The second-order valence-corrected chi connectivity index (χ2v) is 6.13. The van der Waals surface area contributed by atoms with Gasteiger partial charge in [-0.05, 0) is 48.2 Å². The van der Waals surface area contributed by atoms with E-state index in [1.165, 1.54) is 11.1 Å². The first-order valence-corrected chi connectivity index (χ1v) is 7.75. The van der Waals surface area contributed by atoms with Crippen LogP contribution >= 0.6 is 15.9 Å². The van der Waals surface area contributed by atoms with Gasteiger partial charge in [0.05, 0.1) is 0 Å². The number of hydrogen-bond acceptors (Lipinski definition) is 1. The van der Waals surface area contributed by atoms with Gasteiger partial charge in [0.1, 0.15) is 5.82 Å². The van der Waals surface area contributed by atoms with Crippen molar-refractivity contribution in [2.24, 2.45) is 0 Å². The van der Waals surface area contributed by atoms with Crippen LogP contribution in [0.15, 0.2) is 53.0 Å². The highest BCUT2D eigenvalue weighted by Crippen LogP contribution is 2.39. The molecule has 1 fully saturated rings. The lowest BCUT2D eigenvalue weighted by Crippen LogP contribution is -2.34. The largest absolute Gasteiger partial charge is 0.316 e. The van der Waals surface area contributed by atoms with Gasteiger partial charge in [0.15, 0.2) is 0 Å². The van der Waals surface area contributed by atoms with Crippen LogP contribution in [0, 0.1) is 5.82 Å². The minimum atomic E-state index is -0.167. The van der Waals surface area contributed by atoms with Crippen LogP contribution in [0.3, 0.4) is 0 Å². The van der Waals surface area contributed by atoms with Gasteiger partial charge in [0, 0.05) is 16.9 Å². The van der Waals surface area contributed by atoms with Gasteiger partial charge in [-0.25, -0.2) is 4.39 Å². The maximum absolute atomic E-state index is 13.1. The Labute approximate surface area is 127 Å². The fourth-order valence-corrected chi connectivity index (χ4v) is 3.65. The Morgan fingerprint density at radius 2 is 1.75 bits per heavy atom. The maximum Gasteiger partial charge on any atom is 0.123 e. The molecule has 1 N–H and O–H groups in total. The van der Waals surface area contributed by atoms with E-state index < -0.39 is 0 Å². The lowest BCUT2D eigenvalue weighted by atomic mass is 9.77. The zero-order valence-electron chi connectivity index (χ0n) is 11.2. The molecule has 0 spiro atoms. The Hall–Kier alpha value is -1.19. The van der Waals surface area contributed by atoms with Crippen molar-refractivity contribution in [3.05, 3.63) is 69.9 Å². The first-order chi connectivity index (χ1) is 9.75. The molecule has 1 aliphatic rings. The van der Waals surface area contributed by atoms with E-state index in [1.54, 1.807) is 12.1 Å². The zero-order valence-corrected chi connectivity index (χ0v) is 12.7. The van der Waals surface area contributed by atoms with E-state index in [2.05, 4.69) is 39.4 Å². The summed E-state index contributed by atoms with van der Waals surface area (Å²) < 4.78 is 14.3. The molecule has 3 heteroatoms. The first-order valence-electron chi connectivity index (χ1n) is 6.96. The average molecular weight is 334 g/mol. The van der Waals surface area contributed by atoms with Crippen molar-refractivity contribution in [1.29, 1.82) is 0 Å². The van der Waals surface area contributed by atoms with Crippen molar-refractivity contribution >= 4 is 15.9 Å². The van der Waals surface area contributed by atoms with E-state index in [0.29, 0.717) is 11.8 Å². The molecule has 2 unspecified atom stereocenters.